The van der Waals surface area contributed by atoms with E-state index in [1.54, 1.807) is 22.6 Å². The topological polar surface area (TPSA) is 9.23 Å². The van der Waals surface area contributed by atoms with Gasteiger partial charge >= 0.3 is 12.2 Å². The molecule has 0 fully saturated rings. The lowest BCUT2D eigenvalue weighted by Crippen LogP contribution is -2.23. The van der Waals surface area contributed by atoms with Gasteiger partial charge in [0.1, 0.15) is 0 Å². The monoisotopic (exact) mass is 302 g/mol. The Morgan fingerprint density at radius 3 is 2.08 bits per heavy atom. The Kier molecular flexibility index (Phi) is 4.98. The largest absolute Gasteiger partial charge is 0.414 e. The molecule has 0 amide bonds. The summed E-state index contributed by atoms with van der Waals surface area (Å²) in [5, 5.41) is 0. The van der Waals surface area contributed by atoms with E-state index in [9.17, 15) is 22.0 Å². The highest BCUT2D eigenvalue weighted by atomic mass is 127. The van der Waals surface area contributed by atoms with Crippen molar-refractivity contribution in [1.29, 1.82) is 0 Å². The van der Waals surface area contributed by atoms with Crippen LogP contribution in [0.2, 0.25) is 0 Å². The predicted octanol–water partition coefficient (Wildman–Crippen LogP) is 3.11. The molecule has 0 atom stereocenters. The standard InChI is InChI=1S/C5H4F5IO/c6-3(4(7)8)5(9,10)12-2-1-11/h1-2H2. The van der Waals surface area contributed by atoms with E-state index >= 15 is 0 Å². The molecule has 12 heavy (non-hydrogen) atoms. The van der Waals surface area contributed by atoms with Gasteiger partial charge in [0.15, 0.2) is 0 Å². The fraction of sp³-hybridized carbons (Fsp3) is 0.600. The molecule has 7 heteroatoms. The van der Waals surface area contributed by atoms with Crippen molar-refractivity contribution in [2.45, 2.75) is 6.11 Å². The Labute approximate surface area is 78.7 Å². The van der Waals surface area contributed by atoms with Crippen LogP contribution in [0, 0.1) is 0 Å². The Balaban J connectivity index is 4.29. The molecule has 0 bridgehead atoms. The van der Waals surface area contributed by atoms with Gasteiger partial charge < -0.3 is 4.74 Å². The normalized spacial score (nSPS) is 11.5. The van der Waals surface area contributed by atoms with Gasteiger partial charge in [-0.1, -0.05) is 22.6 Å². The second kappa shape index (κ2) is 4.95. The third kappa shape index (κ3) is 3.65. The highest BCUT2D eigenvalue weighted by molar-refractivity contribution is 14.1. The molecule has 0 heterocycles. The molecule has 72 valence electrons. The van der Waals surface area contributed by atoms with Crippen molar-refractivity contribution in [2.24, 2.45) is 0 Å². The molecule has 1 nitrogen and oxygen atoms in total. The summed E-state index contributed by atoms with van der Waals surface area (Å²) in [6.45, 7) is -0.492. The van der Waals surface area contributed by atoms with E-state index < -0.39 is 24.6 Å². The molecule has 0 aliphatic carbocycles. The van der Waals surface area contributed by atoms with Crippen LogP contribution in [0.4, 0.5) is 22.0 Å². The number of halogens is 6. The minimum Gasteiger partial charge on any atom is -0.314 e. The first-order valence-electron chi connectivity index (χ1n) is 2.70. The van der Waals surface area contributed by atoms with Gasteiger partial charge in [-0.05, 0) is 0 Å². The lowest BCUT2D eigenvalue weighted by Gasteiger charge is -2.12. The van der Waals surface area contributed by atoms with Gasteiger partial charge in [0, 0.05) is 4.43 Å². The summed E-state index contributed by atoms with van der Waals surface area (Å²) in [6, 6.07) is 0. The van der Waals surface area contributed by atoms with E-state index in [1.807, 2.05) is 0 Å². The van der Waals surface area contributed by atoms with E-state index in [2.05, 4.69) is 4.74 Å². The van der Waals surface area contributed by atoms with Crippen LogP contribution < -0.4 is 0 Å². The first-order chi connectivity index (χ1) is 5.41. The smallest absolute Gasteiger partial charge is 0.314 e. The minimum atomic E-state index is -4.51. The molecule has 0 saturated heterocycles. The molecule has 0 aromatic carbocycles. The predicted molar refractivity (Wildman–Crippen MR) is 40.1 cm³/mol. The van der Waals surface area contributed by atoms with E-state index in [0.717, 1.165) is 0 Å². The first kappa shape index (κ1) is 12.1. The fourth-order valence-corrected chi connectivity index (χ4v) is 0.560. The summed E-state index contributed by atoms with van der Waals surface area (Å²) in [5.74, 6) is -2.83. The Hall–Kier alpha value is 0.0800. The molecule has 0 unspecified atom stereocenters. The molecule has 0 spiro atoms. The second-order valence-corrected chi connectivity index (χ2v) is 2.71. The molecule has 0 saturated carbocycles. The van der Waals surface area contributed by atoms with Crippen LogP contribution in [0.1, 0.15) is 0 Å². The summed E-state index contributed by atoms with van der Waals surface area (Å²) in [6.07, 6.45) is -7.57. The second-order valence-electron chi connectivity index (χ2n) is 1.63. The van der Waals surface area contributed by atoms with Crippen LogP contribution in [-0.4, -0.2) is 17.1 Å². The molecule has 0 aliphatic rings. The molecule has 0 aliphatic heterocycles. The highest BCUT2D eigenvalue weighted by Gasteiger charge is 2.40. The number of rotatable bonds is 4. The maximum absolute atomic E-state index is 12.1. The average molecular weight is 302 g/mol. The van der Waals surface area contributed by atoms with E-state index in [0.29, 0.717) is 0 Å². The van der Waals surface area contributed by atoms with Gasteiger partial charge in [-0.2, -0.15) is 22.0 Å². The van der Waals surface area contributed by atoms with Crippen molar-refractivity contribution in [3.05, 3.63) is 11.9 Å². The lowest BCUT2D eigenvalue weighted by atomic mass is 10.5. The first-order valence-corrected chi connectivity index (χ1v) is 4.23. The molecule has 0 N–H and O–H groups in total. The Morgan fingerprint density at radius 2 is 1.75 bits per heavy atom. The Bertz CT molecular complexity index is 177. The van der Waals surface area contributed by atoms with Crippen LogP contribution in [0.3, 0.4) is 0 Å². The molecule has 0 rings (SSSR count). The van der Waals surface area contributed by atoms with Crippen molar-refractivity contribution in [3.8, 4) is 0 Å². The van der Waals surface area contributed by atoms with E-state index in [1.165, 1.54) is 0 Å². The van der Waals surface area contributed by atoms with Crippen LogP contribution >= 0.6 is 22.6 Å². The van der Waals surface area contributed by atoms with Crippen LogP contribution in [-0.2, 0) is 4.74 Å². The van der Waals surface area contributed by atoms with Gasteiger partial charge in [0.05, 0.1) is 6.61 Å². The molecular weight excluding hydrogens is 298 g/mol. The van der Waals surface area contributed by atoms with Crippen molar-refractivity contribution >= 4 is 22.6 Å². The quantitative estimate of drug-likeness (QED) is 0.440. The van der Waals surface area contributed by atoms with Crippen LogP contribution in [0.5, 0.6) is 0 Å². The fourth-order valence-electron chi connectivity index (χ4n) is 0.340. The molecule has 0 aromatic rings. The summed E-state index contributed by atoms with van der Waals surface area (Å²) < 4.78 is 62.4. The summed E-state index contributed by atoms with van der Waals surface area (Å²) in [7, 11) is 0. The number of alkyl halides is 3. The zero-order valence-corrected chi connectivity index (χ0v) is 7.75. The summed E-state index contributed by atoms with van der Waals surface area (Å²) >= 11 is 1.68. The molecule has 0 radical (unpaired) electrons. The summed E-state index contributed by atoms with van der Waals surface area (Å²) in [4.78, 5) is 0. The summed E-state index contributed by atoms with van der Waals surface area (Å²) in [5.41, 5.74) is 0. The van der Waals surface area contributed by atoms with E-state index in [-0.39, 0.29) is 4.43 Å². The Morgan fingerprint density at radius 1 is 1.25 bits per heavy atom. The third-order valence-corrected chi connectivity index (χ3v) is 1.22. The minimum absolute atomic E-state index is 0.161. The average Bonchev–Trinajstić information content (AvgIpc) is 1.99. The maximum atomic E-state index is 12.1. The SMILES string of the molecule is FC(F)=C(F)C(F)(F)OCCI. The van der Waals surface area contributed by atoms with Crippen molar-refractivity contribution < 1.29 is 26.7 Å². The van der Waals surface area contributed by atoms with Crippen LogP contribution in [0.25, 0.3) is 0 Å². The zero-order chi connectivity index (χ0) is 9.78. The van der Waals surface area contributed by atoms with Crippen LogP contribution in [0.15, 0.2) is 11.9 Å². The zero-order valence-electron chi connectivity index (χ0n) is 5.59. The van der Waals surface area contributed by atoms with Gasteiger partial charge in [-0.15, -0.1) is 0 Å². The highest BCUT2D eigenvalue weighted by Crippen LogP contribution is 2.30. The van der Waals surface area contributed by atoms with Gasteiger partial charge in [0.25, 0.3) is 5.83 Å². The van der Waals surface area contributed by atoms with Gasteiger partial charge in [-0.3, -0.25) is 0 Å². The number of hydrogen-bond donors (Lipinski definition) is 0. The van der Waals surface area contributed by atoms with Gasteiger partial charge in [0.2, 0.25) is 0 Å². The lowest BCUT2D eigenvalue weighted by molar-refractivity contribution is -0.218. The number of hydrogen-bond acceptors (Lipinski definition) is 1. The van der Waals surface area contributed by atoms with Crippen molar-refractivity contribution in [2.75, 3.05) is 11.0 Å². The molecule has 0 aromatic heterocycles. The van der Waals surface area contributed by atoms with Gasteiger partial charge in [-0.25, -0.2) is 0 Å². The molecular formula is C5H4F5IO. The third-order valence-electron chi connectivity index (χ3n) is 0.782. The van der Waals surface area contributed by atoms with E-state index in [4.69, 9.17) is 0 Å². The van der Waals surface area contributed by atoms with Crippen molar-refractivity contribution in [1.82, 2.24) is 0 Å². The maximum Gasteiger partial charge on any atom is 0.414 e. The number of ether oxygens (including phenoxy) is 1. The van der Waals surface area contributed by atoms with Crippen molar-refractivity contribution in [3.63, 3.8) is 0 Å².